The van der Waals surface area contributed by atoms with Crippen LogP contribution in [0.2, 0.25) is 0 Å². The number of fused-ring (bicyclic) bond motifs is 3. The average molecular weight is 399 g/mol. The monoisotopic (exact) mass is 399 g/mol. The Labute approximate surface area is 171 Å². The molecule has 1 aliphatic heterocycles. The zero-order valence-electron chi connectivity index (χ0n) is 18.1. The van der Waals surface area contributed by atoms with Crippen LogP contribution in [0.1, 0.15) is 59.7 Å². The van der Waals surface area contributed by atoms with Crippen LogP contribution in [-0.4, -0.2) is 45.2 Å². The number of amides is 1. The Morgan fingerprint density at radius 2 is 1.97 bits per heavy atom. The molecular weight excluding hydrogens is 370 g/mol. The van der Waals surface area contributed by atoms with Gasteiger partial charge in [-0.2, -0.15) is 0 Å². The largest absolute Gasteiger partial charge is 0.459 e. The Kier molecular flexibility index (Phi) is 5.19. The van der Waals surface area contributed by atoms with Gasteiger partial charge in [0.05, 0.1) is 17.4 Å². The van der Waals surface area contributed by atoms with Crippen LogP contribution in [0.3, 0.4) is 0 Å². The molecule has 0 atom stereocenters. The molecule has 0 saturated heterocycles. The van der Waals surface area contributed by atoms with E-state index in [-0.39, 0.29) is 11.7 Å². The Morgan fingerprint density at radius 1 is 1.28 bits per heavy atom. The molecule has 3 rings (SSSR count). The fourth-order valence-corrected chi connectivity index (χ4v) is 3.57. The Balaban J connectivity index is 2.18. The third kappa shape index (κ3) is 4.28. The maximum absolute atomic E-state index is 13.0. The standard InChI is InChI=1S/C22H29N3O4/c1-13(2)28-19(26)15-11-25(20(27)29-21(3,4)5)12-22(6,7)16-14-9-8-10-23-18(14)24-17(15)16/h8-11,13H,12H2,1-7H3,(H,23,24). The topological polar surface area (TPSA) is 84.5 Å². The first-order valence-corrected chi connectivity index (χ1v) is 9.79. The predicted molar refractivity (Wildman–Crippen MR) is 111 cm³/mol. The zero-order chi connectivity index (χ0) is 21.6. The van der Waals surface area contributed by atoms with Crippen LogP contribution >= 0.6 is 0 Å². The van der Waals surface area contributed by atoms with Crippen LogP contribution in [0.25, 0.3) is 16.6 Å². The second kappa shape index (κ2) is 7.21. The number of ether oxygens (including phenoxy) is 2. The van der Waals surface area contributed by atoms with Gasteiger partial charge in [-0.3, -0.25) is 4.90 Å². The SMILES string of the molecule is CC(C)OC(=O)C1=CN(C(=O)OC(C)(C)C)CC(C)(C)c2c1[nH]c1ncccc21. The lowest BCUT2D eigenvalue weighted by molar-refractivity contribution is -0.140. The van der Waals surface area contributed by atoms with Crippen molar-refractivity contribution in [3.63, 3.8) is 0 Å². The summed E-state index contributed by atoms with van der Waals surface area (Å²) in [5.41, 5.74) is 1.41. The second-order valence-electron chi connectivity index (χ2n) is 9.26. The van der Waals surface area contributed by atoms with Crippen molar-refractivity contribution < 1.29 is 19.1 Å². The number of esters is 1. The number of aromatic amines is 1. The molecule has 1 N–H and O–H groups in total. The molecule has 0 bridgehead atoms. The van der Waals surface area contributed by atoms with Crippen molar-refractivity contribution in [2.75, 3.05) is 6.54 Å². The molecule has 7 heteroatoms. The average Bonchev–Trinajstić information content (AvgIpc) is 2.90. The number of hydrogen-bond acceptors (Lipinski definition) is 5. The summed E-state index contributed by atoms with van der Waals surface area (Å²) in [7, 11) is 0. The number of nitrogens with zero attached hydrogens (tertiary/aromatic N) is 2. The van der Waals surface area contributed by atoms with E-state index in [1.807, 2.05) is 46.8 Å². The van der Waals surface area contributed by atoms with Gasteiger partial charge in [0.15, 0.2) is 0 Å². The van der Waals surface area contributed by atoms with E-state index in [4.69, 9.17) is 9.47 Å². The van der Waals surface area contributed by atoms with Crippen molar-refractivity contribution in [1.29, 1.82) is 0 Å². The number of hydrogen-bond donors (Lipinski definition) is 1. The maximum Gasteiger partial charge on any atom is 0.414 e. The lowest BCUT2D eigenvalue weighted by Crippen LogP contribution is -2.40. The van der Waals surface area contributed by atoms with Crippen LogP contribution in [0.15, 0.2) is 24.5 Å². The van der Waals surface area contributed by atoms with Crippen molar-refractivity contribution in [2.45, 2.75) is 65.6 Å². The zero-order valence-corrected chi connectivity index (χ0v) is 18.1. The smallest absolute Gasteiger partial charge is 0.414 e. The minimum Gasteiger partial charge on any atom is -0.459 e. The van der Waals surface area contributed by atoms with Crippen molar-refractivity contribution >= 4 is 28.7 Å². The molecule has 0 radical (unpaired) electrons. The van der Waals surface area contributed by atoms with Gasteiger partial charge < -0.3 is 14.5 Å². The van der Waals surface area contributed by atoms with Crippen LogP contribution in [-0.2, 0) is 19.7 Å². The van der Waals surface area contributed by atoms with Crippen molar-refractivity contribution in [1.82, 2.24) is 14.9 Å². The van der Waals surface area contributed by atoms with E-state index in [0.717, 1.165) is 10.9 Å². The third-order valence-corrected chi connectivity index (χ3v) is 4.56. The van der Waals surface area contributed by atoms with Gasteiger partial charge in [-0.05, 0) is 52.3 Å². The molecule has 0 unspecified atom stereocenters. The highest BCUT2D eigenvalue weighted by Gasteiger charge is 2.38. The van der Waals surface area contributed by atoms with E-state index in [0.29, 0.717) is 17.9 Å². The minimum atomic E-state index is -0.648. The summed E-state index contributed by atoms with van der Waals surface area (Å²) in [5, 5.41) is 0.918. The number of carbonyl (C=O) groups is 2. The first-order chi connectivity index (χ1) is 13.4. The van der Waals surface area contributed by atoms with Crippen LogP contribution in [0, 0.1) is 0 Å². The Morgan fingerprint density at radius 3 is 2.59 bits per heavy atom. The van der Waals surface area contributed by atoms with E-state index in [9.17, 15) is 9.59 Å². The molecule has 2 aromatic heterocycles. The highest BCUT2D eigenvalue weighted by atomic mass is 16.6. The van der Waals surface area contributed by atoms with Gasteiger partial charge in [-0.1, -0.05) is 13.8 Å². The number of rotatable bonds is 2. The van der Waals surface area contributed by atoms with E-state index in [1.54, 1.807) is 20.0 Å². The Hall–Kier alpha value is -2.83. The Bertz CT molecular complexity index is 980. The molecule has 1 amide bonds. The van der Waals surface area contributed by atoms with E-state index in [2.05, 4.69) is 9.97 Å². The molecular formula is C22H29N3O4. The van der Waals surface area contributed by atoms with Crippen LogP contribution < -0.4 is 0 Å². The minimum absolute atomic E-state index is 0.281. The van der Waals surface area contributed by atoms with Gasteiger partial charge in [0.25, 0.3) is 0 Å². The van der Waals surface area contributed by atoms with Crippen molar-refractivity contribution in [3.05, 3.63) is 35.8 Å². The molecule has 0 aliphatic carbocycles. The summed E-state index contributed by atoms with van der Waals surface area (Å²) < 4.78 is 11.0. The molecule has 156 valence electrons. The predicted octanol–water partition coefficient (Wildman–Crippen LogP) is 4.38. The maximum atomic E-state index is 13.0. The highest BCUT2D eigenvalue weighted by Crippen LogP contribution is 2.40. The molecule has 3 heterocycles. The van der Waals surface area contributed by atoms with Crippen molar-refractivity contribution in [3.8, 4) is 0 Å². The summed E-state index contributed by atoms with van der Waals surface area (Å²) >= 11 is 0. The summed E-state index contributed by atoms with van der Waals surface area (Å²) in [6, 6.07) is 3.83. The van der Waals surface area contributed by atoms with Gasteiger partial charge in [0, 0.05) is 29.7 Å². The molecule has 0 spiro atoms. The molecule has 0 saturated carbocycles. The van der Waals surface area contributed by atoms with Gasteiger partial charge in [-0.25, -0.2) is 14.6 Å². The summed E-state index contributed by atoms with van der Waals surface area (Å²) in [5.74, 6) is -0.501. The van der Waals surface area contributed by atoms with E-state index < -0.39 is 23.1 Å². The quantitative estimate of drug-likeness (QED) is 0.758. The van der Waals surface area contributed by atoms with Gasteiger partial charge >= 0.3 is 12.1 Å². The first-order valence-electron chi connectivity index (χ1n) is 9.79. The lowest BCUT2D eigenvalue weighted by atomic mass is 9.82. The second-order valence-corrected chi connectivity index (χ2v) is 9.26. The molecule has 0 aromatic carbocycles. The van der Waals surface area contributed by atoms with Gasteiger partial charge in [0.2, 0.25) is 0 Å². The highest BCUT2D eigenvalue weighted by molar-refractivity contribution is 6.18. The molecule has 1 aliphatic rings. The number of carbonyl (C=O) groups excluding carboxylic acids is 2. The molecule has 2 aromatic rings. The van der Waals surface area contributed by atoms with Crippen LogP contribution in [0.4, 0.5) is 4.79 Å². The molecule has 7 nitrogen and oxygen atoms in total. The first kappa shape index (κ1) is 20.9. The fraction of sp³-hybridized carbons (Fsp3) is 0.500. The molecule has 0 fully saturated rings. The number of H-pyrrole nitrogens is 1. The van der Waals surface area contributed by atoms with Gasteiger partial charge in [0.1, 0.15) is 11.2 Å². The molecule has 29 heavy (non-hydrogen) atoms. The van der Waals surface area contributed by atoms with Crippen LogP contribution in [0.5, 0.6) is 0 Å². The summed E-state index contributed by atoms with van der Waals surface area (Å²) in [6.45, 7) is 13.4. The normalized spacial score (nSPS) is 16.3. The van der Waals surface area contributed by atoms with Gasteiger partial charge in [-0.15, -0.1) is 0 Å². The fourth-order valence-electron chi connectivity index (χ4n) is 3.57. The number of pyridine rings is 1. The van der Waals surface area contributed by atoms with E-state index >= 15 is 0 Å². The lowest BCUT2D eigenvalue weighted by Gasteiger charge is -2.31. The number of nitrogens with one attached hydrogen (secondary N) is 1. The number of aromatic nitrogens is 2. The third-order valence-electron chi connectivity index (χ3n) is 4.56. The summed E-state index contributed by atoms with van der Waals surface area (Å²) in [6.07, 6.45) is 2.43. The summed E-state index contributed by atoms with van der Waals surface area (Å²) in [4.78, 5) is 34.9. The van der Waals surface area contributed by atoms with E-state index in [1.165, 1.54) is 11.1 Å². The van der Waals surface area contributed by atoms with Crippen molar-refractivity contribution in [2.24, 2.45) is 0 Å².